The van der Waals surface area contributed by atoms with Crippen LogP contribution in [0.4, 0.5) is 22.0 Å². The Kier molecular flexibility index (Phi) is 4.14. The number of hydrogen-bond donors (Lipinski definition) is 0. The average molecular weight is 261 g/mol. The fourth-order valence-electron chi connectivity index (χ4n) is 0.608. The van der Waals surface area contributed by atoms with Gasteiger partial charge in [0.2, 0.25) is 9.05 Å². The summed E-state index contributed by atoms with van der Waals surface area (Å²) in [5, 5.41) is 0. The van der Waals surface area contributed by atoms with E-state index in [0.29, 0.717) is 0 Å². The van der Waals surface area contributed by atoms with Crippen LogP contribution in [-0.4, -0.2) is 26.3 Å². The molecule has 0 heterocycles. The monoisotopic (exact) mass is 260 g/mol. The summed E-state index contributed by atoms with van der Waals surface area (Å²) in [5.74, 6) is -5.77. The zero-order valence-corrected chi connectivity index (χ0v) is 8.19. The van der Waals surface area contributed by atoms with Crippen LogP contribution in [-0.2, 0) is 9.05 Å². The standard InChI is InChI=1S/C5H6ClF5O2S/c6-14(12,13)3-1-2-4(7,8)5(9,10)11/h1-3H2. The van der Waals surface area contributed by atoms with E-state index in [1.165, 1.54) is 0 Å². The lowest BCUT2D eigenvalue weighted by Crippen LogP contribution is -2.36. The van der Waals surface area contributed by atoms with Gasteiger partial charge < -0.3 is 0 Å². The first-order valence-electron chi connectivity index (χ1n) is 3.32. The van der Waals surface area contributed by atoms with Gasteiger partial charge in [0, 0.05) is 17.1 Å². The first-order chi connectivity index (χ1) is 5.96. The third-order valence-corrected chi connectivity index (χ3v) is 2.53. The van der Waals surface area contributed by atoms with Crippen LogP contribution in [0.15, 0.2) is 0 Å². The highest BCUT2D eigenvalue weighted by Crippen LogP contribution is 2.38. The van der Waals surface area contributed by atoms with E-state index in [-0.39, 0.29) is 0 Å². The molecule has 0 aliphatic heterocycles. The molecule has 0 saturated heterocycles. The van der Waals surface area contributed by atoms with Gasteiger partial charge in [-0.2, -0.15) is 22.0 Å². The van der Waals surface area contributed by atoms with Crippen molar-refractivity contribution in [1.82, 2.24) is 0 Å². The molecule has 0 aromatic carbocycles. The van der Waals surface area contributed by atoms with E-state index in [4.69, 9.17) is 0 Å². The second kappa shape index (κ2) is 4.18. The molecule has 0 amide bonds. The van der Waals surface area contributed by atoms with E-state index in [2.05, 4.69) is 10.7 Å². The molecule has 0 N–H and O–H groups in total. The molecule has 0 fully saturated rings. The minimum absolute atomic E-state index is 0.835. The van der Waals surface area contributed by atoms with Crippen LogP contribution in [0.1, 0.15) is 12.8 Å². The van der Waals surface area contributed by atoms with Crippen molar-refractivity contribution in [3.8, 4) is 0 Å². The van der Waals surface area contributed by atoms with Gasteiger partial charge in [0.1, 0.15) is 0 Å². The van der Waals surface area contributed by atoms with Crippen molar-refractivity contribution in [3.05, 3.63) is 0 Å². The molecule has 0 aromatic heterocycles. The summed E-state index contributed by atoms with van der Waals surface area (Å²) in [6.45, 7) is 0. The summed E-state index contributed by atoms with van der Waals surface area (Å²) in [6, 6.07) is 0. The number of rotatable bonds is 4. The van der Waals surface area contributed by atoms with Crippen LogP contribution in [0.5, 0.6) is 0 Å². The summed E-state index contributed by atoms with van der Waals surface area (Å²) in [5.41, 5.74) is 0. The average Bonchev–Trinajstić information content (AvgIpc) is 1.80. The first-order valence-corrected chi connectivity index (χ1v) is 5.80. The predicted molar refractivity (Wildman–Crippen MR) is 39.9 cm³/mol. The Hall–Kier alpha value is -0.110. The molecular weight excluding hydrogens is 255 g/mol. The molecule has 0 unspecified atom stereocenters. The van der Waals surface area contributed by atoms with Gasteiger partial charge in [0.05, 0.1) is 5.75 Å². The van der Waals surface area contributed by atoms with Crippen LogP contribution in [0.3, 0.4) is 0 Å². The molecule has 86 valence electrons. The first kappa shape index (κ1) is 13.9. The third kappa shape index (κ3) is 4.94. The summed E-state index contributed by atoms with van der Waals surface area (Å²) in [6.07, 6.45) is -8.07. The van der Waals surface area contributed by atoms with E-state index in [9.17, 15) is 30.4 Å². The second-order valence-electron chi connectivity index (χ2n) is 2.55. The molecule has 0 aliphatic rings. The molecule has 0 rings (SSSR count). The van der Waals surface area contributed by atoms with Gasteiger partial charge in [-0.1, -0.05) is 0 Å². The third-order valence-electron chi connectivity index (χ3n) is 1.29. The quantitative estimate of drug-likeness (QED) is 0.575. The van der Waals surface area contributed by atoms with Crippen molar-refractivity contribution in [2.75, 3.05) is 5.75 Å². The lowest BCUT2D eigenvalue weighted by atomic mass is 10.2. The highest BCUT2D eigenvalue weighted by atomic mass is 35.7. The molecule has 0 saturated carbocycles. The van der Waals surface area contributed by atoms with Gasteiger partial charge in [0.25, 0.3) is 0 Å². The zero-order valence-electron chi connectivity index (χ0n) is 6.61. The van der Waals surface area contributed by atoms with Gasteiger partial charge in [-0.05, 0) is 6.42 Å². The topological polar surface area (TPSA) is 34.1 Å². The summed E-state index contributed by atoms with van der Waals surface area (Å²) in [7, 11) is 0.602. The maximum atomic E-state index is 12.1. The highest BCUT2D eigenvalue weighted by Gasteiger charge is 2.56. The van der Waals surface area contributed by atoms with Crippen molar-refractivity contribution in [2.45, 2.75) is 24.9 Å². The van der Waals surface area contributed by atoms with Crippen molar-refractivity contribution < 1.29 is 30.4 Å². The lowest BCUT2D eigenvalue weighted by molar-refractivity contribution is -0.284. The van der Waals surface area contributed by atoms with E-state index in [0.717, 1.165) is 0 Å². The maximum Gasteiger partial charge on any atom is 0.453 e. The Labute approximate surface area is 81.5 Å². The fraction of sp³-hybridized carbons (Fsp3) is 1.00. The zero-order chi connectivity index (χ0) is 11.6. The SMILES string of the molecule is O=S(=O)(Cl)CCCC(F)(F)C(F)(F)F. The second-order valence-corrected chi connectivity index (χ2v) is 5.45. The van der Waals surface area contributed by atoms with Crippen LogP contribution in [0, 0.1) is 0 Å². The summed E-state index contributed by atoms with van der Waals surface area (Å²) < 4.78 is 79.3. The molecule has 0 bridgehead atoms. The van der Waals surface area contributed by atoms with Crippen LogP contribution < -0.4 is 0 Å². The van der Waals surface area contributed by atoms with E-state index in [1.54, 1.807) is 0 Å². The van der Waals surface area contributed by atoms with Gasteiger partial charge in [-0.25, -0.2) is 8.42 Å². The Morgan fingerprint density at radius 3 is 1.79 bits per heavy atom. The highest BCUT2D eigenvalue weighted by molar-refractivity contribution is 8.13. The predicted octanol–water partition coefficient (Wildman–Crippen LogP) is 2.53. The molecule has 0 atom stereocenters. The minimum atomic E-state index is -5.65. The number of hydrogen-bond acceptors (Lipinski definition) is 2. The molecule has 0 aliphatic carbocycles. The van der Waals surface area contributed by atoms with Crippen molar-refractivity contribution in [1.29, 1.82) is 0 Å². The van der Waals surface area contributed by atoms with Gasteiger partial charge in [-0.15, -0.1) is 0 Å². The smallest absolute Gasteiger partial charge is 0.212 e. The Morgan fingerprint density at radius 2 is 1.50 bits per heavy atom. The molecule has 0 spiro atoms. The maximum absolute atomic E-state index is 12.1. The van der Waals surface area contributed by atoms with Gasteiger partial charge in [-0.3, -0.25) is 0 Å². The van der Waals surface area contributed by atoms with Crippen molar-refractivity contribution >= 4 is 19.7 Å². The fourth-order valence-corrected chi connectivity index (χ4v) is 1.42. The van der Waals surface area contributed by atoms with E-state index in [1.807, 2.05) is 0 Å². The number of alkyl halides is 5. The Bertz CT molecular complexity index is 283. The van der Waals surface area contributed by atoms with Crippen LogP contribution >= 0.6 is 10.7 Å². The largest absolute Gasteiger partial charge is 0.453 e. The summed E-state index contributed by atoms with van der Waals surface area (Å²) >= 11 is 0. The van der Waals surface area contributed by atoms with Crippen LogP contribution in [0.25, 0.3) is 0 Å². The number of halogens is 6. The molecule has 14 heavy (non-hydrogen) atoms. The van der Waals surface area contributed by atoms with E-state index >= 15 is 0 Å². The normalized spacial score (nSPS) is 14.4. The molecule has 0 radical (unpaired) electrons. The Morgan fingerprint density at radius 1 is 1.07 bits per heavy atom. The molecular formula is C5H6ClF5O2S. The Balaban J connectivity index is 4.15. The minimum Gasteiger partial charge on any atom is -0.212 e. The van der Waals surface area contributed by atoms with Crippen molar-refractivity contribution in [3.63, 3.8) is 0 Å². The van der Waals surface area contributed by atoms with Crippen LogP contribution in [0.2, 0.25) is 0 Å². The molecule has 0 aromatic rings. The molecule has 2 nitrogen and oxygen atoms in total. The van der Waals surface area contributed by atoms with Crippen molar-refractivity contribution in [2.24, 2.45) is 0 Å². The lowest BCUT2D eigenvalue weighted by Gasteiger charge is -2.18. The van der Waals surface area contributed by atoms with E-state index < -0.39 is 39.7 Å². The van der Waals surface area contributed by atoms with Gasteiger partial charge in [0.15, 0.2) is 0 Å². The molecule has 9 heteroatoms. The van der Waals surface area contributed by atoms with Gasteiger partial charge >= 0.3 is 12.1 Å². The summed E-state index contributed by atoms with van der Waals surface area (Å²) in [4.78, 5) is 0.